The van der Waals surface area contributed by atoms with E-state index in [1.165, 1.54) is 19.2 Å². The number of sulfonamides is 1. The zero-order valence-electron chi connectivity index (χ0n) is 13.2. The highest BCUT2D eigenvalue weighted by molar-refractivity contribution is 7.89. The molecule has 1 aliphatic carbocycles. The molecule has 0 bridgehead atoms. The van der Waals surface area contributed by atoms with E-state index in [0.29, 0.717) is 11.2 Å². The second-order valence-corrected chi connectivity index (χ2v) is 7.41. The molecule has 0 saturated heterocycles. The van der Waals surface area contributed by atoms with Crippen molar-refractivity contribution in [1.82, 2.24) is 16.2 Å². The Balaban J connectivity index is 2.04. The fourth-order valence-electron chi connectivity index (χ4n) is 2.51. The van der Waals surface area contributed by atoms with Crippen LogP contribution in [0.25, 0.3) is 0 Å². The number of methoxy groups -OCH3 is 1. The number of ether oxygens (including phenoxy) is 1. The van der Waals surface area contributed by atoms with Crippen LogP contribution in [0.2, 0.25) is 0 Å². The molecular formula is C14H20N4O4S2. The lowest BCUT2D eigenvalue weighted by Crippen LogP contribution is -2.49. The Kier molecular flexibility index (Phi) is 5.97. The van der Waals surface area contributed by atoms with Crippen molar-refractivity contribution in [3.63, 3.8) is 0 Å². The summed E-state index contributed by atoms with van der Waals surface area (Å²) in [6, 6.07) is 4.09. The first kappa shape index (κ1) is 18.4. The number of carbonyl (C=O) groups is 1. The number of nitrogens with two attached hydrogens (primary N) is 1. The van der Waals surface area contributed by atoms with E-state index in [1.807, 2.05) is 0 Å². The molecule has 24 heavy (non-hydrogen) atoms. The van der Waals surface area contributed by atoms with Crippen molar-refractivity contribution in [3.05, 3.63) is 23.8 Å². The number of carbonyl (C=O) groups excluding carboxylic acids is 1. The molecule has 1 saturated carbocycles. The molecule has 1 fully saturated rings. The van der Waals surface area contributed by atoms with E-state index < -0.39 is 15.9 Å². The van der Waals surface area contributed by atoms with Gasteiger partial charge in [0.25, 0.3) is 5.91 Å². The van der Waals surface area contributed by atoms with E-state index in [1.54, 1.807) is 0 Å². The first-order chi connectivity index (χ1) is 11.3. The largest absolute Gasteiger partial charge is 0.496 e. The van der Waals surface area contributed by atoms with Crippen molar-refractivity contribution >= 4 is 33.3 Å². The van der Waals surface area contributed by atoms with E-state index in [2.05, 4.69) is 16.2 Å². The van der Waals surface area contributed by atoms with Gasteiger partial charge in [0.2, 0.25) is 10.0 Å². The first-order valence-corrected chi connectivity index (χ1v) is 9.34. The van der Waals surface area contributed by atoms with Gasteiger partial charge in [-0.2, -0.15) is 0 Å². The monoisotopic (exact) mass is 372 g/mol. The maximum atomic E-state index is 12.3. The zero-order chi connectivity index (χ0) is 17.7. The van der Waals surface area contributed by atoms with Gasteiger partial charge in [0.15, 0.2) is 5.11 Å². The van der Waals surface area contributed by atoms with E-state index in [9.17, 15) is 13.2 Å². The molecule has 0 aliphatic heterocycles. The van der Waals surface area contributed by atoms with Crippen molar-refractivity contribution in [1.29, 1.82) is 0 Å². The highest BCUT2D eigenvalue weighted by Crippen LogP contribution is 2.21. The number of hydrogen-bond acceptors (Lipinski definition) is 5. The van der Waals surface area contributed by atoms with Crippen molar-refractivity contribution in [2.24, 2.45) is 5.14 Å². The van der Waals surface area contributed by atoms with Crippen LogP contribution in [0.15, 0.2) is 23.1 Å². The minimum atomic E-state index is -3.92. The lowest BCUT2D eigenvalue weighted by atomic mass is 10.2. The number of rotatable bonds is 4. The number of amides is 1. The van der Waals surface area contributed by atoms with Crippen molar-refractivity contribution < 1.29 is 17.9 Å². The van der Waals surface area contributed by atoms with E-state index in [0.717, 1.165) is 31.7 Å². The molecule has 10 heteroatoms. The summed E-state index contributed by atoms with van der Waals surface area (Å²) in [7, 11) is -2.55. The number of nitrogens with one attached hydrogen (secondary N) is 3. The maximum Gasteiger partial charge on any atom is 0.273 e. The molecule has 1 aromatic rings. The van der Waals surface area contributed by atoms with Crippen LogP contribution in [0.5, 0.6) is 5.75 Å². The van der Waals surface area contributed by atoms with Gasteiger partial charge in [0.1, 0.15) is 5.75 Å². The average molecular weight is 372 g/mol. The third-order valence-corrected chi connectivity index (χ3v) is 4.85. The quantitative estimate of drug-likeness (QED) is 0.445. The predicted octanol–water partition coefficient (Wildman–Crippen LogP) is 0.394. The first-order valence-electron chi connectivity index (χ1n) is 7.39. The Bertz CT molecular complexity index is 730. The molecular weight excluding hydrogens is 352 g/mol. The SMILES string of the molecule is COc1ccc(S(N)(=O)=O)cc1C(=O)NNC(=S)NC1CCCC1. The highest BCUT2D eigenvalue weighted by Gasteiger charge is 2.19. The second kappa shape index (κ2) is 7.77. The van der Waals surface area contributed by atoms with Gasteiger partial charge < -0.3 is 10.1 Å². The number of primary sulfonamides is 1. The zero-order valence-corrected chi connectivity index (χ0v) is 14.8. The summed E-state index contributed by atoms with van der Waals surface area (Å²) >= 11 is 5.12. The van der Waals surface area contributed by atoms with Gasteiger partial charge >= 0.3 is 0 Å². The van der Waals surface area contributed by atoms with Crippen LogP contribution in [-0.4, -0.2) is 32.6 Å². The molecule has 5 N–H and O–H groups in total. The fourth-order valence-corrected chi connectivity index (χ4v) is 3.27. The smallest absolute Gasteiger partial charge is 0.273 e. The molecule has 0 atom stereocenters. The van der Waals surface area contributed by atoms with E-state index in [-0.39, 0.29) is 16.2 Å². The van der Waals surface area contributed by atoms with Crippen LogP contribution >= 0.6 is 12.2 Å². The van der Waals surface area contributed by atoms with E-state index in [4.69, 9.17) is 22.1 Å². The minimum absolute atomic E-state index is 0.0280. The normalized spacial score (nSPS) is 14.9. The van der Waals surface area contributed by atoms with Gasteiger partial charge in [0.05, 0.1) is 17.6 Å². The summed E-state index contributed by atoms with van der Waals surface area (Å²) in [5, 5.41) is 8.50. The second-order valence-electron chi connectivity index (χ2n) is 5.44. The maximum absolute atomic E-state index is 12.3. The van der Waals surface area contributed by atoms with Crippen molar-refractivity contribution in [2.75, 3.05) is 7.11 Å². The molecule has 0 aromatic heterocycles. The van der Waals surface area contributed by atoms with Crippen LogP contribution in [0.3, 0.4) is 0 Å². The summed E-state index contributed by atoms with van der Waals surface area (Å²) in [6.45, 7) is 0. The molecule has 8 nitrogen and oxygen atoms in total. The van der Waals surface area contributed by atoms with Crippen molar-refractivity contribution in [2.45, 2.75) is 36.6 Å². The van der Waals surface area contributed by atoms with Gasteiger partial charge in [0, 0.05) is 6.04 Å². The van der Waals surface area contributed by atoms with Gasteiger partial charge in [-0.15, -0.1) is 0 Å². The van der Waals surface area contributed by atoms with Crippen LogP contribution in [0, 0.1) is 0 Å². The Morgan fingerprint density at radius 3 is 2.54 bits per heavy atom. The molecule has 0 radical (unpaired) electrons. The lowest BCUT2D eigenvalue weighted by molar-refractivity contribution is 0.0940. The van der Waals surface area contributed by atoms with Crippen LogP contribution in [-0.2, 0) is 10.0 Å². The summed E-state index contributed by atoms with van der Waals surface area (Å²) in [4.78, 5) is 12.1. The van der Waals surface area contributed by atoms with Gasteiger partial charge in [-0.05, 0) is 43.3 Å². The minimum Gasteiger partial charge on any atom is -0.496 e. The Hall–Kier alpha value is -1.91. The molecule has 1 amide bonds. The lowest BCUT2D eigenvalue weighted by Gasteiger charge is -2.16. The molecule has 1 aromatic carbocycles. The predicted molar refractivity (Wildman–Crippen MR) is 93.0 cm³/mol. The molecule has 0 unspecified atom stereocenters. The highest BCUT2D eigenvalue weighted by atomic mass is 32.2. The Labute approximate surface area is 146 Å². The number of thiocarbonyl (C=S) groups is 1. The third kappa shape index (κ3) is 4.79. The van der Waals surface area contributed by atoms with Crippen LogP contribution in [0.4, 0.5) is 0 Å². The summed E-state index contributed by atoms with van der Waals surface area (Å²) < 4.78 is 27.9. The molecule has 0 spiro atoms. The van der Waals surface area contributed by atoms with Crippen molar-refractivity contribution in [3.8, 4) is 5.75 Å². The standard InChI is InChI=1S/C14H20N4O4S2/c1-22-12-7-6-10(24(15,20)21)8-11(12)13(19)17-18-14(23)16-9-4-2-3-5-9/h6-9H,2-5H2,1H3,(H,17,19)(H2,15,20,21)(H2,16,18,23). The van der Waals surface area contributed by atoms with Crippen LogP contribution in [0.1, 0.15) is 36.0 Å². The van der Waals surface area contributed by atoms with Gasteiger partial charge in [-0.1, -0.05) is 12.8 Å². The average Bonchev–Trinajstić information content (AvgIpc) is 3.04. The van der Waals surface area contributed by atoms with E-state index >= 15 is 0 Å². The van der Waals surface area contributed by atoms with Gasteiger partial charge in [-0.25, -0.2) is 13.6 Å². The third-order valence-electron chi connectivity index (χ3n) is 3.72. The van der Waals surface area contributed by atoms with Gasteiger partial charge in [-0.3, -0.25) is 15.6 Å². The molecule has 2 rings (SSSR count). The summed E-state index contributed by atoms with van der Waals surface area (Å²) in [6.07, 6.45) is 4.40. The Morgan fingerprint density at radius 2 is 1.96 bits per heavy atom. The topological polar surface area (TPSA) is 123 Å². The number of hydrogen-bond donors (Lipinski definition) is 4. The molecule has 1 aliphatic rings. The summed E-state index contributed by atoms with van der Waals surface area (Å²) in [5.41, 5.74) is 5.05. The summed E-state index contributed by atoms with van der Waals surface area (Å²) in [5.74, 6) is -0.371. The molecule has 132 valence electrons. The fraction of sp³-hybridized carbons (Fsp3) is 0.429. The van der Waals surface area contributed by atoms with Crippen LogP contribution < -0.4 is 26.0 Å². The Morgan fingerprint density at radius 1 is 1.29 bits per heavy atom. The number of hydrazine groups is 1. The molecule has 0 heterocycles. The number of benzene rings is 1.